The van der Waals surface area contributed by atoms with Crippen LogP contribution in [0.3, 0.4) is 0 Å². The maximum absolute atomic E-state index is 3.88. The number of hydrogen-bond donors (Lipinski definition) is 1. The van der Waals surface area contributed by atoms with Gasteiger partial charge in [-0.15, -0.1) is 0 Å². The molecule has 1 aromatic rings. The van der Waals surface area contributed by atoms with Gasteiger partial charge in [-0.2, -0.15) is 0 Å². The van der Waals surface area contributed by atoms with Gasteiger partial charge in [0.05, 0.1) is 0 Å². The van der Waals surface area contributed by atoms with Gasteiger partial charge in [-0.05, 0) is 31.7 Å². The maximum atomic E-state index is 3.88. The average molecular weight is 261 g/mol. The second-order valence-electron chi connectivity index (χ2n) is 5.67. The highest BCUT2D eigenvalue weighted by Crippen LogP contribution is 2.20. The number of benzene rings is 1. The van der Waals surface area contributed by atoms with Crippen LogP contribution in [0.1, 0.15) is 76.5 Å². The zero-order chi connectivity index (χ0) is 14.1. The number of nitrogens with one attached hydrogen (secondary N) is 1. The molecule has 1 rings (SSSR count). The monoisotopic (exact) mass is 261 g/mol. The Kier molecular flexibility index (Phi) is 7.81. The van der Waals surface area contributed by atoms with Crippen molar-refractivity contribution in [3.63, 3.8) is 0 Å². The first-order valence-electron chi connectivity index (χ1n) is 8.03. The Hall–Kier alpha value is -0.820. The van der Waals surface area contributed by atoms with Crippen molar-refractivity contribution in [2.45, 2.75) is 78.3 Å². The van der Waals surface area contributed by atoms with Crippen LogP contribution in [0.15, 0.2) is 24.3 Å². The van der Waals surface area contributed by atoms with Crippen molar-refractivity contribution in [2.75, 3.05) is 0 Å². The third kappa shape index (κ3) is 5.78. The summed E-state index contributed by atoms with van der Waals surface area (Å²) in [7, 11) is 0. The number of unbranched alkanes of at least 4 members (excludes halogenated alkanes) is 1. The minimum atomic E-state index is 0.508. The van der Waals surface area contributed by atoms with E-state index in [0.717, 1.165) is 6.42 Å². The lowest BCUT2D eigenvalue weighted by Crippen LogP contribution is -2.32. The highest BCUT2D eigenvalue weighted by molar-refractivity contribution is 5.24. The third-order valence-corrected chi connectivity index (χ3v) is 3.87. The third-order valence-electron chi connectivity index (χ3n) is 3.87. The fraction of sp³-hybridized carbons (Fsp3) is 0.667. The molecule has 0 amide bonds. The summed E-state index contributed by atoms with van der Waals surface area (Å²) in [4.78, 5) is 0. The summed E-state index contributed by atoms with van der Waals surface area (Å²) in [6.07, 6.45) is 7.67. The lowest BCUT2D eigenvalue weighted by molar-refractivity contribution is 0.377. The molecular formula is C18H31N. The van der Waals surface area contributed by atoms with Crippen LogP contribution in [-0.2, 0) is 0 Å². The molecule has 1 nitrogen and oxygen atoms in total. The Bertz CT molecular complexity index is 328. The molecule has 1 N–H and O–H groups in total. The average Bonchev–Trinajstić information content (AvgIpc) is 2.43. The normalized spacial score (nSPS) is 14.3. The van der Waals surface area contributed by atoms with Crippen molar-refractivity contribution in [3.05, 3.63) is 35.4 Å². The number of rotatable bonds is 9. The largest absolute Gasteiger partial charge is 0.307 e. The van der Waals surface area contributed by atoms with E-state index in [1.807, 2.05) is 0 Å². The van der Waals surface area contributed by atoms with Crippen LogP contribution in [0.4, 0.5) is 0 Å². The van der Waals surface area contributed by atoms with Gasteiger partial charge in [0, 0.05) is 12.1 Å². The van der Waals surface area contributed by atoms with Crippen LogP contribution in [0.2, 0.25) is 0 Å². The molecule has 19 heavy (non-hydrogen) atoms. The molecule has 2 atom stereocenters. The predicted molar refractivity (Wildman–Crippen MR) is 85.6 cm³/mol. The second kappa shape index (κ2) is 9.14. The standard InChI is InChI=1S/C18H31N/c1-5-8-10-17(9-6-2)19-18(7-3)16-13-11-15(4)12-14-16/h11-14,17-19H,5-10H2,1-4H3. The molecule has 0 aliphatic carbocycles. The molecule has 1 aromatic carbocycles. The molecular weight excluding hydrogens is 230 g/mol. The highest BCUT2D eigenvalue weighted by Gasteiger charge is 2.14. The summed E-state index contributed by atoms with van der Waals surface area (Å²) in [5.41, 5.74) is 2.78. The Balaban J connectivity index is 2.64. The molecule has 0 bridgehead atoms. The van der Waals surface area contributed by atoms with Crippen molar-refractivity contribution in [1.82, 2.24) is 5.32 Å². The molecule has 2 unspecified atom stereocenters. The molecule has 0 aliphatic rings. The van der Waals surface area contributed by atoms with Crippen LogP contribution < -0.4 is 5.32 Å². The Morgan fingerprint density at radius 3 is 2.16 bits per heavy atom. The Labute approximate surface area is 119 Å². The van der Waals surface area contributed by atoms with Crippen LogP contribution in [-0.4, -0.2) is 6.04 Å². The molecule has 0 saturated carbocycles. The topological polar surface area (TPSA) is 12.0 Å². The van der Waals surface area contributed by atoms with E-state index in [-0.39, 0.29) is 0 Å². The van der Waals surface area contributed by atoms with Gasteiger partial charge < -0.3 is 5.32 Å². The quantitative estimate of drug-likeness (QED) is 0.628. The first-order chi connectivity index (χ1) is 9.21. The maximum Gasteiger partial charge on any atom is 0.0320 e. The summed E-state index contributed by atoms with van der Waals surface area (Å²) >= 11 is 0. The van der Waals surface area contributed by atoms with Gasteiger partial charge in [0.15, 0.2) is 0 Å². The van der Waals surface area contributed by atoms with E-state index in [4.69, 9.17) is 0 Å². The number of aryl methyl sites for hydroxylation is 1. The molecule has 1 heteroatoms. The summed E-state index contributed by atoms with van der Waals surface area (Å²) in [5.74, 6) is 0. The second-order valence-corrected chi connectivity index (χ2v) is 5.67. The minimum Gasteiger partial charge on any atom is -0.307 e. The molecule has 0 aromatic heterocycles. The lowest BCUT2D eigenvalue weighted by Gasteiger charge is -2.25. The van der Waals surface area contributed by atoms with Gasteiger partial charge in [0.1, 0.15) is 0 Å². The smallest absolute Gasteiger partial charge is 0.0320 e. The molecule has 0 heterocycles. The van der Waals surface area contributed by atoms with Crippen LogP contribution in [0, 0.1) is 6.92 Å². The van der Waals surface area contributed by atoms with Gasteiger partial charge in [-0.25, -0.2) is 0 Å². The first-order valence-corrected chi connectivity index (χ1v) is 8.03. The van der Waals surface area contributed by atoms with E-state index in [9.17, 15) is 0 Å². The van der Waals surface area contributed by atoms with E-state index in [1.165, 1.54) is 43.2 Å². The van der Waals surface area contributed by atoms with Gasteiger partial charge in [0.2, 0.25) is 0 Å². The molecule has 0 spiro atoms. The molecule has 0 fully saturated rings. The van der Waals surface area contributed by atoms with Crippen molar-refractivity contribution >= 4 is 0 Å². The van der Waals surface area contributed by atoms with Gasteiger partial charge >= 0.3 is 0 Å². The molecule has 0 radical (unpaired) electrons. The molecule has 108 valence electrons. The zero-order valence-electron chi connectivity index (χ0n) is 13.2. The Morgan fingerprint density at radius 1 is 0.947 bits per heavy atom. The van der Waals surface area contributed by atoms with Crippen LogP contribution >= 0.6 is 0 Å². The summed E-state index contributed by atoms with van der Waals surface area (Å²) in [6, 6.07) is 10.2. The van der Waals surface area contributed by atoms with E-state index in [0.29, 0.717) is 12.1 Å². The highest BCUT2D eigenvalue weighted by atomic mass is 14.9. The summed E-state index contributed by atoms with van der Waals surface area (Å²) in [6.45, 7) is 8.99. The van der Waals surface area contributed by atoms with E-state index < -0.39 is 0 Å². The van der Waals surface area contributed by atoms with E-state index in [2.05, 4.69) is 57.3 Å². The van der Waals surface area contributed by atoms with Crippen LogP contribution in [0.5, 0.6) is 0 Å². The SMILES string of the molecule is CCCCC(CCC)NC(CC)c1ccc(C)cc1. The number of hydrogen-bond acceptors (Lipinski definition) is 1. The predicted octanol–water partition coefficient (Wildman–Crippen LogP) is 5.39. The van der Waals surface area contributed by atoms with E-state index >= 15 is 0 Å². The van der Waals surface area contributed by atoms with Gasteiger partial charge in [-0.3, -0.25) is 0 Å². The minimum absolute atomic E-state index is 0.508. The van der Waals surface area contributed by atoms with Crippen LogP contribution in [0.25, 0.3) is 0 Å². The van der Waals surface area contributed by atoms with Gasteiger partial charge in [-0.1, -0.05) is 69.9 Å². The molecule has 0 saturated heterocycles. The first kappa shape index (κ1) is 16.2. The molecule has 0 aliphatic heterocycles. The van der Waals surface area contributed by atoms with E-state index in [1.54, 1.807) is 0 Å². The summed E-state index contributed by atoms with van der Waals surface area (Å²) in [5, 5.41) is 3.88. The van der Waals surface area contributed by atoms with Crippen molar-refractivity contribution in [3.8, 4) is 0 Å². The van der Waals surface area contributed by atoms with Crippen molar-refractivity contribution in [1.29, 1.82) is 0 Å². The lowest BCUT2D eigenvalue weighted by atomic mass is 9.99. The zero-order valence-corrected chi connectivity index (χ0v) is 13.2. The van der Waals surface area contributed by atoms with Crippen molar-refractivity contribution < 1.29 is 0 Å². The van der Waals surface area contributed by atoms with Crippen molar-refractivity contribution in [2.24, 2.45) is 0 Å². The van der Waals surface area contributed by atoms with Gasteiger partial charge in [0.25, 0.3) is 0 Å². The fourth-order valence-electron chi connectivity index (χ4n) is 2.64. The fourth-order valence-corrected chi connectivity index (χ4v) is 2.64. The summed E-state index contributed by atoms with van der Waals surface area (Å²) < 4.78 is 0. The Morgan fingerprint density at radius 2 is 1.63 bits per heavy atom.